The van der Waals surface area contributed by atoms with Crippen molar-refractivity contribution in [3.63, 3.8) is 0 Å². The molecule has 2 aromatic rings. The van der Waals surface area contributed by atoms with Crippen LogP contribution in [0.2, 0.25) is 0 Å². The Morgan fingerprint density at radius 3 is 2.85 bits per heavy atom. The Balaban J connectivity index is 2.75. The third-order valence-electron chi connectivity index (χ3n) is 2.09. The molecule has 0 bridgehead atoms. The molecule has 0 aliphatic carbocycles. The minimum absolute atomic E-state index is 0.522. The number of hydrogen-bond acceptors (Lipinski definition) is 2. The van der Waals surface area contributed by atoms with E-state index in [2.05, 4.69) is 0 Å². The van der Waals surface area contributed by atoms with Gasteiger partial charge in [0, 0.05) is 10.9 Å². The smallest absolute Gasteiger partial charge is 0.281 e. The second-order valence-corrected chi connectivity index (χ2v) is 2.86. The first-order valence-electron chi connectivity index (χ1n) is 3.95. The molecule has 0 unspecified atom stereocenters. The molecule has 3 heteroatoms. The van der Waals surface area contributed by atoms with Crippen molar-refractivity contribution >= 4 is 11.0 Å². The van der Waals surface area contributed by atoms with E-state index in [1.54, 1.807) is 32.2 Å². The van der Waals surface area contributed by atoms with Gasteiger partial charge < -0.3 is 9.15 Å². The van der Waals surface area contributed by atoms with E-state index in [9.17, 15) is 4.39 Å². The fourth-order valence-electron chi connectivity index (χ4n) is 1.30. The molecule has 1 aromatic heterocycles. The molecule has 0 aliphatic rings. The molecule has 0 N–H and O–H groups in total. The highest BCUT2D eigenvalue weighted by molar-refractivity contribution is 5.82. The van der Waals surface area contributed by atoms with Crippen LogP contribution in [0.15, 0.2) is 22.6 Å². The topological polar surface area (TPSA) is 22.4 Å². The minimum atomic E-state index is -0.525. The number of rotatable bonds is 1. The summed E-state index contributed by atoms with van der Waals surface area (Å²) in [6.45, 7) is 1.68. The number of methoxy groups -OCH3 is 1. The van der Waals surface area contributed by atoms with E-state index in [1.165, 1.54) is 0 Å². The van der Waals surface area contributed by atoms with Gasteiger partial charge in [-0.15, -0.1) is 0 Å². The normalized spacial score (nSPS) is 10.7. The van der Waals surface area contributed by atoms with Crippen molar-refractivity contribution in [1.82, 2.24) is 0 Å². The van der Waals surface area contributed by atoms with Crippen LogP contribution in [0.5, 0.6) is 5.75 Å². The summed E-state index contributed by atoms with van der Waals surface area (Å²) in [5.74, 6) is 0.705. The Morgan fingerprint density at radius 2 is 2.15 bits per heavy atom. The van der Waals surface area contributed by atoms with Crippen LogP contribution in [0.25, 0.3) is 11.0 Å². The molecule has 2 rings (SSSR count). The summed E-state index contributed by atoms with van der Waals surface area (Å²) in [7, 11) is 1.58. The van der Waals surface area contributed by atoms with Crippen molar-refractivity contribution in [3.05, 3.63) is 29.8 Å². The molecule has 0 saturated heterocycles. The molecule has 13 heavy (non-hydrogen) atoms. The molecule has 0 radical (unpaired) electrons. The Hall–Kier alpha value is -1.51. The predicted octanol–water partition coefficient (Wildman–Crippen LogP) is 2.89. The van der Waals surface area contributed by atoms with Crippen molar-refractivity contribution in [2.45, 2.75) is 6.92 Å². The number of halogens is 1. The first-order chi connectivity index (χ1) is 6.22. The Morgan fingerprint density at radius 1 is 1.38 bits per heavy atom. The first-order valence-corrected chi connectivity index (χ1v) is 3.95. The lowest BCUT2D eigenvalue weighted by atomic mass is 10.2. The van der Waals surface area contributed by atoms with Gasteiger partial charge >= 0.3 is 0 Å². The molecule has 1 heterocycles. The number of fused-ring (bicyclic) bond motifs is 1. The van der Waals surface area contributed by atoms with Gasteiger partial charge in [0.15, 0.2) is 0 Å². The average Bonchev–Trinajstić information content (AvgIpc) is 2.43. The third kappa shape index (κ3) is 1.16. The van der Waals surface area contributed by atoms with Gasteiger partial charge in [0.05, 0.1) is 7.11 Å². The van der Waals surface area contributed by atoms with E-state index >= 15 is 0 Å². The van der Waals surface area contributed by atoms with E-state index in [0.717, 1.165) is 5.39 Å². The summed E-state index contributed by atoms with van der Waals surface area (Å²) in [4.78, 5) is 0. The third-order valence-corrected chi connectivity index (χ3v) is 2.09. The van der Waals surface area contributed by atoms with E-state index in [1.807, 2.05) is 0 Å². The maximum atomic E-state index is 13.0. The first kappa shape index (κ1) is 8.10. The lowest BCUT2D eigenvalue weighted by molar-refractivity contribution is 0.376. The Bertz CT molecular complexity index is 445. The van der Waals surface area contributed by atoms with Crippen LogP contribution < -0.4 is 4.74 Å². The standard InChI is InChI=1S/C10H9FO2/c1-6-8-5-7(12-2)3-4-9(8)13-10(6)11/h3-5H,1-2H3. The maximum Gasteiger partial charge on any atom is 0.281 e. The van der Waals surface area contributed by atoms with Crippen molar-refractivity contribution in [3.8, 4) is 5.75 Å². The summed E-state index contributed by atoms with van der Waals surface area (Å²) >= 11 is 0. The number of hydrogen-bond donors (Lipinski definition) is 0. The zero-order chi connectivity index (χ0) is 9.42. The molecular weight excluding hydrogens is 171 g/mol. The van der Waals surface area contributed by atoms with Gasteiger partial charge in [0.1, 0.15) is 11.3 Å². The molecule has 0 spiro atoms. The quantitative estimate of drug-likeness (QED) is 0.673. The van der Waals surface area contributed by atoms with Crippen LogP contribution in [0.3, 0.4) is 0 Å². The molecule has 68 valence electrons. The van der Waals surface area contributed by atoms with E-state index in [-0.39, 0.29) is 0 Å². The average molecular weight is 180 g/mol. The van der Waals surface area contributed by atoms with Crippen LogP contribution >= 0.6 is 0 Å². The highest BCUT2D eigenvalue weighted by atomic mass is 19.1. The number of benzene rings is 1. The maximum absolute atomic E-state index is 13.0. The number of aryl methyl sites for hydroxylation is 1. The zero-order valence-corrected chi connectivity index (χ0v) is 7.43. The lowest BCUT2D eigenvalue weighted by Gasteiger charge is -1.97. The van der Waals surface area contributed by atoms with Gasteiger partial charge in [-0.3, -0.25) is 0 Å². The minimum Gasteiger partial charge on any atom is -0.497 e. The summed E-state index contributed by atoms with van der Waals surface area (Å²) in [5.41, 5.74) is 1.07. The van der Waals surface area contributed by atoms with Gasteiger partial charge in [-0.25, -0.2) is 0 Å². The van der Waals surface area contributed by atoms with Crippen molar-refractivity contribution < 1.29 is 13.5 Å². The van der Waals surface area contributed by atoms with Gasteiger partial charge in [-0.2, -0.15) is 4.39 Å². The van der Waals surface area contributed by atoms with Gasteiger partial charge in [0.2, 0.25) is 0 Å². The number of furan rings is 1. The second kappa shape index (κ2) is 2.76. The van der Waals surface area contributed by atoms with Gasteiger partial charge in [-0.05, 0) is 25.1 Å². The highest BCUT2D eigenvalue weighted by Gasteiger charge is 2.09. The van der Waals surface area contributed by atoms with E-state index < -0.39 is 6.01 Å². The van der Waals surface area contributed by atoms with Crippen molar-refractivity contribution in [1.29, 1.82) is 0 Å². The van der Waals surface area contributed by atoms with E-state index in [4.69, 9.17) is 9.15 Å². The monoisotopic (exact) mass is 180 g/mol. The molecule has 0 aliphatic heterocycles. The van der Waals surface area contributed by atoms with Crippen LogP contribution in [0.4, 0.5) is 4.39 Å². The molecule has 0 amide bonds. The zero-order valence-electron chi connectivity index (χ0n) is 7.43. The van der Waals surface area contributed by atoms with Crippen LogP contribution in [-0.2, 0) is 0 Å². The van der Waals surface area contributed by atoms with Crippen LogP contribution in [0.1, 0.15) is 5.56 Å². The van der Waals surface area contributed by atoms with Crippen molar-refractivity contribution in [2.75, 3.05) is 7.11 Å². The molecule has 2 nitrogen and oxygen atoms in total. The summed E-state index contributed by atoms with van der Waals surface area (Å²) in [6.07, 6.45) is 0. The molecule has 0 fully saturated rings. The largest absolute Gasteiger partial charge is 0.497 e. The summed E-state index contributed by atoms with van der Waals surface area (Å²) in [6, 6.07) is 4.68. The molecule has 0 saturated carbocycles. The second-order valence-electron chi connectivity index (χ2n) is 2.86. The van der Waals surface area contributed by atoms with Crippen LogP contribution in [0, 0.1) is 12.9 Å². The van der Waals surface area contributed by atoms with Crippen molar-refractivity contribution in [2.24, 2.45) is 0 Å². The molecule has 1 aromatic carbocycles. The SMILES string of the molecule is COc1ccc2oc(F)c(C)c2c1. The van der Waals surface area contributed by atoms with E-state index in [0.29, 0.717) is 16.9 Å². The lowest BCUT2D eigenvalue weighted by Crippen LogP contribution is -1.81. The number of ether oxygens (including phenoxy) is 1. The fourth-order valence-corrected chi connectivity index (χ4v) is 1.30. The summed E-state index contributed by atoms with van der Waals surface area (Å²) < 4.78 is 22.9. The van der Waals surface area contributed by atoms with Gasteiger partial charge in [0.25, 0.3) is 6.01 Å². The van der Waals surface area contributed by atoms with Crippen LogP contribution in [-0.4, -0.2) is 7.11 Å². The molecular formula is C10H9FO2. The Kier molecular flexibility index (Phi) is 1.72. The molecule has 0 atom stereocenters. The Labute approximate surface area is 74.9 Å². The summed E-state index contributed by atoms with van der Waals surface area (Å²) in [5, 5.41) is 0.761. The highest BCUT2D eigenvalue weighted by Crippen LogP contribution is 2.27. The van der Waals surface area contributed by atoms with Gasteiger partial charge in [-0.1, -0.05) is 0 Å². The fraction of sp³-hybridized carbons (Fsp3) is 0.200. The predicted molar refractivity (Wildman–Crippen MR) is 47.5 cm³/mol.